The van der Waals surface area contributed by atoms with Gasteiger partial charge in [-0.05, 0) is 41.3 Å². The van der Waals surface area contributed by atoms with Crippen LogP contribution in [0.25, 0.3) is 0 Å². The molecular formula is C16H15BrCl2. The molecule has 0 nitrogen and oxygen atoms in total. The van der Waals surface area contributed by atoms with Crippen molar-refractivity contribution in [1.29, 1.82) is 0 Å². The van der Waals surface area contributed by atoms with Crippen LogP contribution in [0.1, 0.15) is 34.9 Å². The van der Waals surface area contributed by atoms with Crippen molar-refractivity contribution < 1.29 is 0 Å². The predicted octanol–water partition coefficient (Wildman–Crippen LogP) is 6.43. The van der Waals surface area contributed by atoms with Crippen molar-refractivity contribution in [1.82, 2.24) is 0 Å². The van der Waals surface area contributed by atoms with Gasteiger partial charge < -0.3 is 0 Å². The molecule has 0 aliphatic heterocycles. The van der Waals surface area contributed by atoms with E-state index in [1.165, 1.54) is 17.5 Å². The Balaban J connectivity index is 2.25. The first-order valence-electron chi connectivity index (χ1n) is 6.29. The second kappa shape index (κ2) is 6.78. The highest BCUT2D eigenvalue weighted by atomic mass is 79.9. The van der Waals surface area contributed by atoms with E-state index in [4.69, 9.17) is 23.2 Å². The van der Waals surface area contributed by atoms with E-state index in [1.807, 2.05) is 12.1 Å². The molecule has 0 heterocycles. The van der Waals surface area contributed by atoms with E-state index in [9.17, 15) is 0 Å². The number of rotatable bonds is 4. The van der Waals surface area contributed by atoms with E-state index in [2.05, 4.69) is 47.1 Å². The SMILES string of the molecule is CCCc1ccc(C(Br)c2cc(Cl)cc(Cl)c2)cc1. The normalized spacial score (nSPS) is 12.4. The first-order chi connectivity index (χ1) is 9.10. The Morgan fingerprint density at radius 1 is 0.947 bits per heavy atom. The fourth-order valence-corrected chi connectivity index (χ4v) is 3.17. The van der Waals surface area contributed by atoms with Gasteiger partial charge in [-0.15, -0.1) is 0 Å². The zero-order valence-corrected chi connectivity index (χ0v) is 13.8. The zero-order chi connectivity index (χ0) is 13.8. The Labute approximate surface area is 132 Å². The van der Waals surface area contributed by atoms with Crippen LogP contribution in [0, 0.1) is 0 Å². The molecule has 0 radical (unpaired) electrons. The van der Waals surface area contributed by atoms with Crippen molar-refractivity contribution in [2.24, 2.45) is 0 Å². The topological polar surface area (TPSA) is 0 Å². The summed E-state index contributed by atoms with van der Waals surface area (Å²) in [6.07, 6.45) is 2.29. The molecule has 19 heavy (non-hydrogen) atoms. The van der Waals surface area contributed by atoms with E-state index in [-0.39, 0.29) is 4.83 Å². The van der Waals surface area contributed by atoms with E-state index in [0.29, 0.717) is 10.0 Å². The van der Waals surface area contributed by atoms with Gasteiger partial charge in [-0.2, -0.15) is 0 Å². The summed E-state index contributed by atoms with van der Waals surface area (Å²) in [5, 5.41) is 1.32. The molecule has 0 saturated carbocycles. The van der Waals surface area contributed by atoms with E-state index in [0.717, 1.165) is 12.0 Å². The molecule has 100 valence electrons. The maximum Gasteiger partial charge on any atom is 0.0645 e. The molecule has 0 aromatic heterocycles. The minimum atomic E-state index is 0.111. The van der Waals surface area contributed by atoms with Crippen LogP contribution in [0.2, 0.25) is 10.0 Å². The summed E-state index contributed by atoms with van der Waals surface area (Å²) in [6.45, 7) is 2.19. The van der Waals surface area contributed by atoms with Gasteiger partial charge in [0.2, 0.25) is 0 Å². The third-order valence-corrected chi connectivity index (χ3v) is 4.48. The lowest BCUT2D eigenvalue weighted by Crippen LogP contribution is -1.94. The highest BCUT2D eigenvalue weighted by Gasteiger charge is 2.11. The van der Waals surface area contributed by atoms with Crippen molar-refractivity contribution in [2.45, 2.75) is 24.6 Å². The lowest BCUT2D eigenvalue weighted by molar-refractivity contribution is 0.920. The van der Waals surface area contributed by atoms with Crippen LogP contribution < -0.4 is 0 Å². The summed E-state index contributed by atoms with van der Waals surface area (Å²) < 4.78 is 0. The van der Waals surface area contributed by atoms with Gasteiger partial charge in [-0.1, -0.05) is 76.7 Å². The molecule has 0 bridgehead atoms. The fourth-order valence-electron chi connectivity index (χ4n) is 2.06. The number of halogens is 3. The number of alkyl halides is 1. The molecule has 0 aliphatic rings. The van der Waals surface area contributed by atoms with Crippen molar-refractivity contribution in [3.8, 4) is 0 Å². The van der Waals surface area contributed by atoms with E-state index in [1.54, 1.807) is 6.07 Å². The first kappa shape index (κ1) is 14.9. The first-order valence-corrected chi connectivity index (χ1v) is 7.96. The number of benzene rings is 2. The van der Waals surface area contributed by atoms with Crippen LogP contribution in [0.3, 0.4) is 0 Å². The largest absolute Gasteiger partial charge is 0.0843 e. The lowest BCUT2D eigenvalue weighted by atomic mass is 10.0. The minimum absolute atomic E-state index is 0.111. The summed E-state index contributed by atoms with van der Waals surface area (Å²) >= 11 is 15.8. The Hall–Kier alpha value is -0.500. The fraction of sp³-hybridized carbons (Fsp3) is 0.250. The smallest absolute Gasteiger partial charge is 0.0645 e. The maximum absolute atomic E-state index is 6.04. The highest BCUT2D eigenvalue weighted by Crippen LogP contribution is 2.34. The molecule has 0 N–H and O–H groups in total. The summed E-state index contributed by atoms with van der Waals surface area (Å²) in [4.78, 5) is 0.111. The number of hydrogen-bond acceptors (Lipinski definition) is 0. The highest BCUT2D eigenvalue weighted by molar-refractivity contribution is 9.09. The maximum atomic E-state index is 6.04. The molecule has 1 atom stereocenters. The minimum Gasteiger partial charge on any atom is -0.0843 e. The third kappa shape index (κ3) is 3.98. The van der Waals surface area contributed by atoms with Gasteiger partial charge in [-0.3, -0.25) is 0 Å². The summed E-state index contributed by atoms with van der Waals surface area (Å²) in [5.74, 6) is 0. The van der Waals surface area contributed by atoms with Crippen LogP contribution in [-0.2, 0) is 6.42 Å². The van der Waals surface area contributed by atoms with Crippen LogP contribution in [0.5, 0.6) is 0 Å². The molecule has 3 heteroatoms. The van der Waals surface area contributed by atoms with E-state index >= 15 is 0 Å². The Bertz CT molecular complexity index is 529. The van der Waals surface area contributed by atoms with Gasteiger partial charge >= 0.3 is 0 Å². The van der Waals surface area contributed by atoms with Gasteiger partial charge in [0.1, 0.15) is 0 Å². The van der Waals surface area contributed by atoms with Crippen LogP contribution in [0.4, 0.5) is 0 Å². The second-order valence-corrected chi connectivity index (χ2v) is 6.35. The van der Waals surface area contributed by atoms with Gasteiger partial charge in [0, 0.05) is 10.0 Å². The Morgan fingerprint density at radius 2 is 1.53 bits per heavy atom. The Kier molecular flexibility index (Phi) is 5.32. The Morgan fingerprint density at radius 3 is 2.05 bits per heavy atom. The molecule has 0 saturated heterocycles. The standard InChI is InChI=1S/C16H15BrCl2/c1-2-3-11-4-6-12(7-5-11)16(17)13-8-14(18)10-15(19)9-13/h4-10,16H,2-3H2,1H3. The molecule has 0 fully saturated rings. The molecule has 2 aromatic carbocycles. The lowest BCUT2D eigenvalue weighted by Gasteiger charge is -2.12. The molecule has 0 spiro atoms. The van der Waals surface area contributed by atoms with Crippen molar-refractivity contribution in [3.05, 3.63) is 69.2 Å². The van der Waals surface area contributed by atoms with Gasteiger partial charge in [-0.25, -0.2) is 0 Å². The molecule has 2 rings (SSSR count). The quantitative estimate of drug-likeness (QED) is 0.553. The molecule has 2 aromatic rings. The van der Waals surface area contributed by atoms with Gasteiger partial charge in [0.25, 0.3) is 0 Å². The van der Waals surface area contributed by atoms with Crippen LogP contribution in [-0.4, -0.2) is 0 Å². The average molecular weight is 358 g/mol. The summed E-state index contributed by atoms with van der Waals surface area (Å²) in [7, 11) is 0. The summed E-state index contributed by atoms with van der Waals surface area (Å²) in [6, 6.07) is 14.3. The van der Waals surface area contributed by atoms with Crippen molar-refractivity contribution in [2.75, 3.05) is 0 Å². The van der Waals surface area contributed by atoms with Crippen LogP contribution in [0.15, 0.2) is 42.5 Å². The summed E-state index contributed by atoms with van der Waals surface area (Å²) in [5.41, 5.74) is 3.65. The third-order valence-electron chi connectivity index (χ3n) is 2.99. The number of hydrogen-bond donors (Lipinski definition) is 0. The van der Waals surface area contributed by atoms with E-state index < -0.39 is 0 Å². The molecule has 1 unspecified atom stereocenters. The van der Waals surface area contributed by atoms with Crippen molar-refractivity contribution in [3.63, 3.8) is 0 Å². The zero-order valence-electron chi connectivity index (χ0n) is 10.7. The van der Waals surface area contributed by atoms with Gasteiger partial charge in [0.15, 0.2) is 0 Å². The molecular weight excluding hydrogens is 343 g/mol. The second-order valence-electron chi connectivity index (χ2n) is 4.56. The molecule has 0 amide bonds. The average Bonchev–Trinajstić information content (AvgIpc) is 2.38. The number of aryl methyl sites for hydroxylation is 1. The van der Waals surface area contributed by atoms with Crippen LogP contribution >= 0.6 is 39.1 Å². The predicted molar refractivity (Wildman–Crippen MR) is 87.7 cm³/mol. The monoisotopic (exact) mass is 356 g/mol. The molecule has 0 aliphatic carbocycles. The van der Waals surface area contributed by atoms with Gasteiger partial charge in [0.05, 0.1) is 4.83 Å². The van der Waals surface area contributed by atoms with Crippen molar-refractivity contribution >= 4 is 39.1 Å².